The van der Waals surface area contributed by atoms with E-state index in [1.54, 1.807) is 19.2 Å². The summed E-state index contributed by atoms with van der Waals surface area (Å²) in [6.07, 6.45) is -0.832. The molecule has 0 heterocycles. The number of aliphatic hydroxyl groups is 1. The molecule has 0 amide bonds. The van der Waals surface area contributed by atoms with E-state index in [-0.39, 0.29) is 42.2 Å². The maximum absolute atomic E-state index is 12.2. The van der Waals surface area contributed by atoms with E-state index < -0.39 is 12.7 Å². The van der Waals surface area contributed by atoms with Crippen LogP contribution in [0.1, 0.15) is 37.0 Å². The number of rotatable bonds is 10. The first-order valence-corrected chi connectivity index (χ1v) is 9.82. The smallest absolute Gasteiger partial charge is 0.387 e. The van der Waals surface area contributed by atoms with Crippen molar-refractivity contribution in [2.24, 2.45) is 4.99 Å². The molecule has 0 radical (unpaired) electrons. The molecule has 2 unspecified atom stereocenters. The lowest BCUT2D eigenvalue weighted by molar-refractivity contribution is -0.0498. The van der Waals surface area contributed by atoms with Crippen molar-refractivity contribution in [2.75, 3.05) is 26.7 Å². The predicted molar refractivity (Wildman–Crippen MR) is 129 cm³/mol. The normalized spacial score (nSPS) is 13.2. The second-order valence-corrected chi connectivity index (χ2v) is 6.71. The van der Waals surface area contributed by atoms with Crippen LogP contribution in [-0.2, 0) is 0 Å². The van der Waals surface area contributed by atoms with Gasteiger partial charge in [0.25, 0.3) is 0 Å². The summed E-state index contributed by atoms with van der Waals surface area (Å²) in [6, 6.07) is 13.7. The van der Waals surface area contributed by atoms with Gasteiger partial charge in [0, 0.05) is 25.6 Å². The third-order valence-corrected chi connectivity index (χ3v) is 4.49. The van der Waals surface area contributed by atoms with Gasteiger partial charge in [0.2, 0.25) is 0 Å². The Balaban J connectivity index is 0.00000480. The molecule has 2 rings (SSSR count). The van der Waals surface area contributed by atoms with Crippen LogP contribution in [0.15, 0.2) is 53.5 Å². The van der Waals surface area contributed by atoms with Gasteiger partial charge in [0.1, 0.15) is 11.5 Å². The van der Waals surface area contributed by atoms with Gasteiger partial charge in [0.15, 0.2) is 5.96 Å². The third-order valence-electron chi connectivity index (χ3n) is 4.49. The highest BCUT2D eigenvalue weighted by molar-refractivity contribution is 14.0. The summed E-state index contributed by atoms with van der Waals surface area (Å²) in [5.41, 5.74) is 1.66. The van der Waals surface area contributed by atoms with Crippen molar-refractivity contribution in [3.8, 4) is 11.5 Å². The zero-order valence-corrected chi connectivity index (χ0v) is 20.2. The van der Waals surface area contributed by atoms with Gasteiger partial charge in [-0.25, -0.2) is 0 Å². The maximum atomic E-state index is 12.2. The zero-order chi connectivity index (χ0) is 21.9. The van der Waals surface area contributed by atoms with Gasteiger partial charge in [-0.15, -0.1) is 24.0 Å². The van der Waals surface area contributed by atoms with Crippen LogP contribution < -0.4 is 20.1 Å². The van der Waals surface area contributed by atoms with Crippen LogP contribution in [0.5, 0.6) is 11.5 Å². The molecule has 0 saturated heterocycles. The van der Waals surface area contributed by atoms with E-state index in [1.807, 2.05) is 31.2 Å². The number of benzene rings is 2. The van der Waals surface area contributed by atoms with E-state index in [9.17, 15) is 13.9 Å². The molecule has 0 aromatic heterocycles. The second-order valence-electron chi connectivity index (χ2n) is 6.71. The van der Waals surface area contributed by atoms with E-state index in [0.29, 0.717) is 24.6 Å². The number of halogens is 3. The molecule has 0 aliphatic heterocycles. The number of hydrogen-bond donors (Lipinski definition) is 3. The summed E-state index contributed by atoms with van der Waals surface area (Å²) in [7, 11) is 1.65. The largest absolute Gasteiger partial charge is 0.496 e. The van der Waals surface area contributed by atoms with Gasteiger partial charge in [-0.1, -0.05) is 37.3 Å². The lowest BCUT2D eigenvalue weighted by Crippen LogP contribution is -2.39. The Kier molecular flexibility index (Phi) is 12.2. The minimum Gasteiger partial charge on any atom is -0.496 e. The van der Waals surface area contributed by atoms with Crippen LogP contribution in [0.3, 0.4) is 0 Å². The lowest BCUT2D eigenvalue weighted by atomic mass is 10.0. The van der Waals surface area contributed by atoms with Crippen molar-refractivity contribution in [3.63, 3.8) is 0 Å². The topological polar surface area (TPSA) is 75.1 Å². The Hall–Kier alpha value is -2.14. The van der Waals surface area contributed by atoms with Gasteiger partial charge in [0.05, 0.1) is 13.2 Å². The van der Waals surface area contributed by atoms with Gasteiger partial charge < -0.3 is 25.2 Å². The Morgan fingerprint density at radius 3 is 2.39 bits per heavy atom. The monoisotopic (exact) mass is 549 g/mol. The Morgan fingerprint density at radius 2 is 1.77 bits per heavy atom. The quantitative estimate of drug-likeness (QED) is 0.234. The fourth-order valence-electron chi connectivity index (χ4n) is 2.92. The number of hydrogen-bond acceptors (Lipinski definition) is 4. The summed E-state index contributed by atoms with van der Waals surface area (Å²) in [4.78, 5) is 4.60. The van der Waals surface area contributed by atoms with Crippen molar-refractivity contribution in [3.05, 3.63) is 59.7 Å². The first-order chi connectivity index (χ1) is 14.4. The molecule has 9 heteroatoms. The highest BCUT2D eigenvalue weighted by Crippen LogP contribution is 2.26. The number of nitrogens with one attached hydrogen (secondary N) is 2. The van der Waals surface area contributed by atoms with E-state index in [0.717, 1.165) is 11.3 Å². The average Bonchev–Trinajstić information content (AvgIpc) is 2.75. The van der Waals surface area contributed by atoms with Crippen molar-refractivity contribution in [1.29, 1.82) is 0 Å². The molecular formula is C22H30F2IN3O3. The number of aliphatic imine (C=N–C) groups is 1. The van der Waals surface area contributed by atoms with Gasteiger partial charge in [-0.3, -0.25) is 4.99 Å². The van der Waals surface area contributed by atoms with Gasteiger partial charge in [-0.05, 0) is 36.2 Å². The molecule has 0 bridgehead atoms. The van der Waals surface area contributed by atoms with Crippen molar-refractivity contribution < 1.29 is 23.4 Å². The first kappa shape index (κ1) is 26.9. The minimum atomic E-state index is -2.88. The van der Waals surface area contributed by atoms with Gasteiger partial charge in [-0.2, -0.15) is 8.78 Å². The fraction of sp³-hybridized carbons (Fsp3) is 0.409. The van der Waals surface area contributed by atoms with Crippen LogP contribution in [0, 0.1) is 0 Å². The molecule has 2 atom stereocenters. The second kappa shape index (κ2) is 14.0. The number of guanidine groups is 1. The molecule has 3 N–H and O–H groups in total. The van der Waals surface area contributed by atoms with Crippen LogP contribution >= 0.6 is 24.0 Å². The lowest BCUT2D eigenvalue weighted by Gasteiger charge is -2.17. The molecule has 0 fully saturated rings. The molecule has 2 aromatic rings. The van der Waals surface area contributed by atoms with Crippen LogP contribution in [0.4, 0.5) is 8.78 Å². The van der Waals surface area contributed by atoms with E-state index in [4.69, 9.17) is 4.74 Å². The summed E-state index contributed by atoms with van der Waals surface area (Å²) in [6.45, 7) is 2.57. The molecule has 0 aliphatic rings. The summed E-state index contributed by atoms with van der Waals surface area (Å²) < 4.78 is 34.2. The zero-order valence-electron chi connectivity index (χ0n) is 17.8. The number of para-hydroxylation sites is 1. The summed E-state index contributed by atoms with van der Waals surface area (Å²) in [5.74, 6) is 1.60. The Bertz CT molecular complexity index is 807. The molecule has 0 aliphatic carbocycles. The number of nitrogens with zero attached hydrogens (tertiary/aromatic N) is 1. The molecule has 6 nitrogen and oxygen atoms in total. The molecule has 2 aromatic carbocycles. The third kappa shape index (κ3) is 8.86. The minimum absolute atomic E-state index is 0. The molecule has 0 saturated carbocycles. The predicted octanol–water partition coefficient (Wildman–Crippen LogP) is 4.31. The van der Waals surface area contributed by atoms with Crippen LogP contribution in [-0.4, -0.2) is 44.4 Å². The highest BCUT2D eigenvalue weighted by Gasteiger charge is 2.13. The number of aliphatic hydroxyl groups excluding tert-OH is 1. The van der Waals surface area contributed by atoms with Crippen molar-refractivity contribution in [2.45, 2.75) is 32.5 Å². The molecular weight excluding hydrogens is 519 g/mol. The van der Waals surface area contributed by atoms with Crippen LogP contribution in [0.25, 0.3) is 0 Å². The maximum Gasteiger partial charge on any atom is 0.387 e. The number of ether oxygens (including phenoxy) is 2. The standard InChI is InChI=1S/C22H29F2N3O3.HI/c1-4-25-22(26-13-15(2)18-7-5-6-8-20(18)29-3)27-14-19(28)16-9-11-17(12-10-16)30-21(23)24;/h5-12,15,19,21,28H,4,13-14H2,1-3H3,(H2,25,26,27);1H. The summed E-state index contributed by atoms with van der Waals surface area (Å²) in [5, 5.41) is 16.6. The number of alkyl halides is 2. The Morgan fingerprint density at radius 1 is 1.10 bits per heavy atom. The Labute approximate surface area is 199 Å². The van der Waals surface area contributed by atoms with E-state index >= 15 is 0 Å². The summed E-state index contributed by atoms with van der Waals surface area (Å²) >= 11 is 0. The highest BCUT2D eigenvalue weighted by atomic mass is 127. The van der Waals surface area contributed by atoms with Gasteiger partial charge >= 0.3 is 6.61 Å². The fourth-order valence-corrected chi connectivity index (χ4v) is 2.92. The van der Waals surface area contributed by atoms with E-state index in [2.05, 4.69) is 27.3 Å². The number of methoxy groups -OCH3 is 1. The first-order valence-electron chi connectivity index (χ1n) is 9.82. The molecule has 0 spiro atoms. The van der Waals surface area contributed by atoms with E-state index in [1.165, 1.54) is 12.1 Å². The van der Waals surface area contributed by atoms with Crippen molar-refractivity contribution in [1.82, 2.24) is 10.6 Å². The molecule has 31 heavy (non-hydrogen) atoms. The molecule has 172 valence electrons. The van der Waals surface area contributed by atoms with Crippen LogP contribution in [0.2, 0.25) is 0 Å². The SMILES string of the molecule is CCNC(=NCC(C)c1ccccc1OC)NCC(O)c1ccc(OC(F)F)cc1.I. The average molecular weight is 549 g/mol. The van der Waals surface area contributed by atoms with Crippen molar-refractivity contribution >= 4 is 29.9 Å².